The number of rotatable bonds is 4. The van der Waals surface area contributed by atoms with Gasteiger partial charge in [-0.2, -0.15) is 0 Å². The van der Waals surface area contributed by atoms with Crippen LogP contribution in [0.15, 0.2) is 28.6 Å². The molecule has 2 aromatic rings. The Labute approximate surface area is 160 Å². The summed E-state index contributed by atoms with van der Waals surface area (Å²) in [6.07, 6.45) is -5.12. The van der Waals surface area contributed by atoms with Crippen molar-refractivity contribution in [3.63, 3.8) is 0 Å². The van der Waals surface area contributed by atoms with E-state index in [2.05, 4.69) is 15.3 Å². The van der Waals surface area contributed by atoms with Crippen molar-refractivity contribution in [2.24, 2.45) is 10.7 Å². The Bertz CT molecular complexity index is 945. The smallest absolute Gasteiger partial charge is 0.284 e. The Hall–Kier alpha value is -2.56. The Balaban J connectivity index is 2.07. The number of anilines is 1. The van der Waals surface area contributed by atoms with Gasteiger partial charge >= 0.3 is 0 Å². The number of hydrogen-bond donors (Lipinski definition) is 2. The van der Waals surface area contributed by atoms with Crippen LogP contribution in [-0.4, -0.2) is 29.1 Å². The minimum absolute atomic E-state index is 0.0807. The number of benzene rings is 1. The molecule has 1 aromatic carbocycles. The molecule has 0 saturated carbocycles. The van der Waals surface area contributed by atoms with Crippen LogP contribution in [-0.2, 0) is 5.54 Å². The number of nitrogens with two attached hydrogens (primary N) is 1. The topological polar surface area (TPSA) is 80.4 Å². The van der Waals surface area contributed by atoms with Gasteiger partial charge in [-0.15, -0.1) is 11.3 Å². The Morgan fingerprint density at radius 2 is 2.07 bits per heavy atom. The average molecular weight is 418 g/mol. The normalized spacial score (nSPS) is 21.5. The monoisotopic (exact) mass is 418 g/mol. The fourth-order valence-corrected chi connectivity index (χ4v) is 3.65. The van der Waals surface area contributed by atoms with Gasteiger partial charge in [-0.1, -0.05) is 0 Å². The largest absolute Gasteiger partial charge is 0.387 e. The molecule has 2 heterocycles. The van der Waals surface area contributed by atoms with Crippen LogP contribution in [0.2, 0.25) is 0 Å². The van der Waals surface area contributed by atoms with E-state index in [1.165, 1.54) is 0 Å². The molecule has 0 fully saturated rings. The summed E-state index contributed by atoms with van der Waals surface area (Å²) in [5.41, 5.74) is 1.37. The summed E-state index contributed by atoms with van der Waals surface area (Å²) in [6, 6.07) is 2.53. The second kappa shape index (κ2) is 7.12. The summed E-state index contributed by atoms with van der Waals surface area (Å²) in [6.45, 7) is 1.67. The maximum absolute atomic E-state index is 14.6. The molecule has 28 heavy (non-hydrogen) atoms. The molecule has 0 saturated heterocycles. The molecule has 1 aromatic heterocycles. The average Bonchev–Trinajstić information content (AvgIpc) is 3.05. The molecule has 5 nitrogen and oxygen atoms in total. The van der Waals surface area contributed by atoms with E-state index in [1.54, 1.807) is 12.3 Å². The first-order valence-corrected chi connectivity index (χ1v) is 8.98. The number of nitrogens with one attached hydrogen (secondary N) is 1. The van der Waals surface area contributed by atoms with Crippen LogP contribution < -0.4 is 11.1 Å². The lowest BCUT2D eigenvalue weighted by Gasteiger charge is -2.40. The van der Waals surface area contributed by atoms with Crippen molar-refractivity contribution >= 4 is 28.8 Å². The van der Waals surface area contributed by atoms with E-state index in [0.717, 1.165) is 29.5 Å². The van der Waals surface area contributed by atoms with E-state index >= 15 is 0 Å². The van der Waals surface area contributed by atoms with Gasteiger partial charge in [-0.3, -0.25) is 4.79 Å². The van der Waals surface area contributed by atoms with Gasteiger partial charge in [0.15, 0.2) is 5.01 Å². The van der Waals surface area contributed by atoms with Crippen molar-refractivity contribution in [2.75, 3.05) is 5.32 Å². The molecule has 0 radical (unpaired) electrons. The standard InChI is InChI=1S/C17H15F5N4OS/c1-8-7-28-14(24-8)13(27)25-9-2-3-11(18)10(6-9)17(15(19)20)16(21,22)5-4-12(23)26-17/h2-3,6-7,15H,4-5H2,1H3,(H2,23,26)(H,25,27)/t17-/m0/s1. The van der Waals surface area contributed by atoms with Gasteiger partial charge in [0, 0.05) is 35.2 Å². The van der Waals surface area contributed by atoms with Crippen molar-refractivity contribution < 1.29 is 26.7 Å². The Morgan fingerprint density at radius 1 is 1.36 bits per heavy atom. The number of aromatic nitrogens is 1. The van der Waals surface area contributed by atoms with Crippen molar-refractivity contribution in [2.45, 2.75) is 37.7 Å². The van der Waals surface area contributed by atoms with Crippen molar-refractivity contribution in [3.05, 3.63) is 45.7 Å². The predicted molar refractivity (Wildman–Crippen MR) is 94.7 cm³/mol. The lowest BCUT2D eigenvalue weighted by molar-refractivity contribution is -0.145. The molecule has 11 heteroatoms. The zero-order valence-electron chi connectivity index (χ0n) is 14.5. The highest BCUT2D eigenvalue weighted by atomic mass is 32.1. The molecule has 0 aliphatic carbocycles. The molecule has 1 atom stereocenters. The van der Waals surface area contributed by atoms with Crippen LogP contribution in [0.4, 0.5) is 27.6 Å². The minimum atomic E-state index is -4.04. The van der Waals surface area contributed by atoms with Crippen LogP contribution >= 0.6 is 11.3 Å². The number of amidine groups is 1. The SMILES string of the molecule is Cc1csc(C(=O)Nc2ccc(F)c([C@@]3(C(F)F)N=C(N)CCC3(F)F)c2)n1. The lowest BCUT2D eigenvalue weighted by atomic mass is 9.79. The summed E-state index contributed by atoms with van der Waals surface area (Å²) in [7, 11) is 0. The van der Waals surface area contributed by atoms with E-state index < -0.39 is 47.4 Å². The number of amides is 1. The van der Waals surface area contributed by atoms with Gasteiger partial charge < -0.3 is 11.1 Å². The summed E-state index contributed by atoms with van der Waals surface area (Å²) in [4.78, 5) is 19.5. The number of carbonyl (C=O) groups excluding carboxylic acids is 1. The van der Waals surface area contributed by atoms with Crippen LogP contribution in [0.5, 0.6) is 0 Å². The number of thiazole rings is 1. The number of alkyl halides is 4. The van der Waals surface area contributed by atoms with E-state index in [9.17, 15) is 26.7 Å². The lowest BCUT2D eigenvalue weighted by Crippen LogP contribution is -2.54. The molecule has 0 bridgehead atoms. The summed E-state index contributed by atoms with van der Waals surface area (Å²) in [5, 5.41) is 4.05. The van der Waals surface area contributed by atoms with Crippen molar-refractivity contribution in [3.8, 4) is 0 Å². The molecule has 1 aliphatic rings. The number of aryl methyl sites for hydroxylation is 1. The van der Waals surface area contributed by atoms with E-state index in [4.69, 9.17) is 5.73 Å². The van der Waals surface area contributed by atoms with Crippen molar-refractivity contribution in [1.82, 2.24) is 4.98 Å². The van der Waals surface area contributed by atoms with E-state index in [-0.39, 0.29) is 17.1 Å². The number of nitrogens with zero attached hydrogens (tertiary/aromatic N) is 2. The first kappa shape index (κ1) is 20.2. The second-order valence-electron chi connectivity index (χ2n) is 6.32. The zero-order valence-corrected chi connectivity index (χ0v) is 15.3. The molecular weight excluding hydrogens is 403 g/mol. The van der Waals surface area contributed by atoms with Gasteiger partial charge in [-0.25, -0.2) is 31.9 Å². The fourth-order valence-electron chi connectivity index (χ4n) is 2.96. The molecule has 0 unspecified atom stereocenters. The first-order valence-electron chi connectivity index (χ1n) is 8.10. The number of carbonyl (C=O) groups is 1. The number of aliphatic imine (C=N–C) groups is 1. The third-order valence-electron chi connectivity index (χ3n) is 4.34. The number of halogens is 5. The summed E-state index contributed by atoms with van der Waals surface area (Å²) < 4.78 is 71.3. The molecule has 1 amide bonds. The fraction of sp³-hybridized carbons (Fsp3) is 0.353. The van der Waals surface area contributed by atoms with E-state index in [1.807, 2.05) is 0 Å². The molecule has 150 valence electrons. The molecule has 3 rings (SSSR count). The first-order chi connectivity index (χ1) is 13.1. The van der Waals surface area contributed by atoms with Gasteiger partial charge in [0.25, 0.3) is 18.3 Å². The van der Waals surface area contributed by atoms with E-state index in [0.29, 0.717) is 5.69 Å². The van der Waals surface area contributed by atoms with Gasteiger partial charge in [0.1, 0.15) is 5.82 Å². The Morgan fingerprint density at radius 3 is 2.68 bits per heavy atom. The quantitative estimate of drug-likeness (QED) is 0.734. The van der Waals surface area contributed by atoms with Gasteiger partial charge in [0.2, 0.25) is 5.54 Å². The van der Waals surface area contributed by atoms with Crippen LogP contribution in [0, 0.1) is 12.7 Å². The molecule has 1 aliphatic heterocycles. The maximum atomic E-state index is 14.6. The summed E-state index contributed by atoms with van der Waals surface area (Å²) in [5.74, 6) is -6.44. The Kier molecular flexibility index (Phi) is 5.13. The van der Waals surface area contributed by atoms with Crippen LogP contribution in [0.1, 0.15) is 33.9 Å². The second-order valence-corrected chi connectivity index (χ2v) is 7.18. The highest BCUT2D eigenvalue weighted by molar-refractivity contribution is 7.11. The third-order valence-corrected chi connectivity index (χ3v) is 5.30. The minimum Gasteiger partial charge on any atom is -0.387 e. The van der Waals surface area contributed by atoms with Gasteiger partial charge in [-0.05, 0) is 25.1 Å². The molecular formula is C17H15F5N4OS. The highest BCUT2D eigenvalue weighted by Crippen LogP contribution is 2.51. The number of hydrogen-bond acceptors (Lipinski definition) is 5. The third kappa shape index (κ3) is 3.34. The van der Waals surface area contributed by atoms with Crippen molar-refractivity contribution in [1.29, 1.82) is 0 Å². The van der Waals surface area contributed by atoms with Crippen LogP contribution in [0.25, 0.3) is 0 Å². The van der Waals surface area contributed by atoms with Crippen LogP contribution in [0.3, 0.4) is 0 Å². The summed E-state index contributed by atoms with van der Waals surface area (Å²) >= 11 is 1.04. The maximum Gasteiger partial charge on any atom is 0.284 e. The highest BCUT2D eigenvalue weighted by Gasteiger charge is 2.63. The molecule has 0 spiro atoms. The van der Waals surface area contributed by atoms with Gasteiger partial charge in [0.05, 0.1) is 5.84 Å². The predicted octanol–water partition coefficient (Wildman–Crippen LogP) is 4.09. The molecule has 3 N–H and O–H groups in total. The zero-order chi connectivity index (χ0) is 20.7.